The lowest BCUT2D eigenvalue weighted by molar-refractivity contribution is -0.139. The van der Waals surface area contributed by atoms with Crippen LogP contribution in [0.1, 0.15) is 12.0 Å². The number of nitrogens with one attached hydrogen (secondary N) is 1. The van der Waals surface area contributed by atoms with E-state index in [1.54, 1.807) is 11.9 Å². The number of rotatable bonds is 8. The molecule has 0 aromatic heterocycles. The van der Waals surface area contributed by atoms with Crippen molar-refractivity contribution in [3.8, 4) is 17.2 Å². The summed E-state index contributed by atoms with van der Waals surface area (Å²) in [6, 6.07) is 6.22. The highest BCUT2D eigenvalue weighted by molar-refractivity contribution is 7.92. The third-order valence-corrected chi connectivity index (χ3v) is 6.81. The normalized spacial score (nSPS) is 19.4. The van der Waals surface area contributed by atoms with Crippen LogP contribution >= 0.6 is 0 Å². The zero-order chi connectivity index (χ0) is 24.4. The highest BCUT2D eigenvalue weighted by Crippen LogP contribution is 2.39. The first-order valence-corrected chi connectivity index (χ1v) is 11.4. The molecule has 2 aromatic carbocycles. The van der Waals surface area contributed by atoms with Gasteiger partial charge < -0.3 is 19.3 Å². The van der Waals surface area contributed by atoms with Gasteiger partial charge in [0, 0.05) is 18.7 Å². The van der Waals surface area contributed by atoms with E-state index in [4.69, 9.17) is 14.2 Å². The van der Waals surface area contributed by atoms with Crippen molar-refractivity contribution in [2.24, 2.45) is 0 Å². The van der Waals surface area contributed by atoms with Crippen molar-refractivity contribution in [2.75, 3.05) is 39.1 Å². The SMILES string of the molecule is COc1ccc(S(=O)(=O)Nc2ccc(C(F)(F)F)c(O[C@@H]3CCN(C)[C@H]3CO)c2)cc1OC. The second-order valence-corrected chi connectivity index (χ2v) is 9.19. The summed E-state index contributed by atoms with van der Waals surface area (Å²) in [6.07, 6.45) is -4.98. The summed E-state index contributed by atoms with van der Waals surface area (Å²) >= 11 is 0. The molecule has 1 saturated heterocycles. The van der Waals surface area contributed by atoms with Crippen molar-refractivity contribution in [1.82, 2.24) is 4.90 Å². The fraction of sp³-hybridized carbons (Fsp3) is 0.429. The van der Waals surface area contributed by atoms with E-state index in [9.17, 15) is 26.7 Å². The molecule has 0 saturated carbocycles. The first-order valence-electron chi connectivity index (χ1n) is 9.94. The maximum absolute atomic E-state index is 13.6. The Balaban J connectivity index is 1.93. The number of halogens is 3. The average Bonchev–Trinajstić information content (AvgIpc) is 3.11. The molecule has 0 unspecified atom stereocenters. The molecule has 0 amide bonds. The number of methoxy groups -OCH3 is 2. The van der Waals surface area contributed by atoms with Crippen LogP contribution in [0, 0.1) is 0 Å². The van der Waals surface area contributed by atoms with Crippen LogP contribution < -0.4 is 18.9 Å². The Morgan fingerprint density at radius 2 is 1.79 bits per heavy atom. The summed E-state index contributed by atoms with van der Waals surface area (Å²) in [5.74, 6) is -0.0207. The molecule has 0 radical (unpaired) electrons. The lowest BCUT2D eigenvalue weighted by Crippen LogP contribution is -2.38. The Morgan fingerprint density at radius 1 is 1.09 bits per heavy atom. The first-order chi connectivity index (χ1) is 15.5. The predicted octanol–water partition coefficient (Wildman–Crippen LogP) is 2.97. The van der Waals surface area contributed by atoms with Gasteiger partial charge in [-0.25, -0.2) is 8.42 Å². The maximum atomic E-state index is 13.6. The Hall–Kier alpha value is -2.70. The van der Waals surface area contributed by atoms with Gasteiger partial charge in [0.15, 0.2) is 11.5 Å². The molecule has 33 heavy (non-hydrogen) atoms. The van der Waals surface area contributed by atoms with Crippen LogP contribution in [0.2, 0.25) is 0 Å². The zero-order valence-corrected chi connectivity index (χ0v) is 19.0. The molecular weight excluding hydrogens is 465 g/mol. The van der Waals surface area contributed by atoms with E-state index < -0.39 is 39.7 Å². The van der Waals surface area contributed by atoms with Gasteiger partial charge in [-0.05, 0) is 37.7 Å². The van der Waals surface area contributed by atoms with Crippen molar-refractivity contribution in [1.29, 1.82) is 0 Å². The van der Waals surface area contributed by atoms with Gasteiger partial charge >= 0.3 is 6.18 Å². The molecule has 8 nitrogen and oxygen atoms in total. The number of aliphatic hydroxyl groups excluding tert-OH is 1. The van der Waals surface area contributed by atoms with Crippen LogP contribution in [0.3, 0.4) is 0 Å². The standard InChI is InChI=1S/C21H25F3N2O6S/c1-26-9-8-17(16(26)12-27)32-19-10-13(4-6-15(19)21(22,23)24)25-33(28,29)14-5-7-18(30-2)20(11-14)31-3/h4-7,10-11,16-17,25,27H,8-9,12H2,1-3H3/t16-,17+/m0/s1. The van der Waals surface area contributed by atoms with E-state index in [0.717, 1.165) is 18.2 Å². The topological polar surface area (TPSA) is 97.3 Å². The van der Waals surface area contributed by atoms with Gasteiger partial charge in [-0.15, -0.1) is 0 Å². The minimum atomic E-state index is -4.71. The maximum Gasteiger partial charge on any atom is 0.419 e. The lowest BCUT2D eigenvalue weighted by atomic mass is 10.1. The van der Waals surface area contributed by atoms with Gasteiger partial charge in [0.1, 0.15) is 11.9 Å². The summed E-state index contributed by atoms with van der Waals surface area (Å²) in [6.45, 7) is 0.261. The molecule has 2 N–H and O–H groups in total. The minimum absolute atomic E-state index is 0.111. The Kier molecular flexibility index (Phi) is 7.29. The molecule has 2 atom stereocenters. The quantitative estimate of drug-likeness (QED) is 0.587. The molecule has 0 bridgehead atoms. The average molecular weight is 491 g/mol. The molecule has 1 heterocycles. The number of hydrogen-bond donors (Lipinski definition) is 2. The second-order valence-electron chi connectivity index (χ2n) is 7.51. The van der Waals surface area contributed by atoms with Crippen molar-refractivity contribution >= 4 is 15.7 Å². The number of alkyl halides is 3. The molecule has 0 aliphatic carbocycles. The van der Waals surface area contributed by atoms with Gasteiger partial charge in [0.25, 0.3) is 10.0 Å². The Bertz CT molecular complexity index is 1090. The highest BCUT2D eigenvalue weighted by Gasteiger charge is 2.38. The van der Waals surface area contributed by atoms with Gasteiger partial charge in [-0.3, -0.25) is 9.62 Å². The van der Waals surface area contributed by atoms with E-state index in [2.05, 4.69) is 4.72 Å². The number of hydrogen-bond acceptors (Lipinski definition) is 7. The fourth-order valence-corrected chi connectivity index (χ4v) is 4.71. The number of likely N-dealkylation sites (tertiary alicyclic amines) is 1. The van der Waals surface area contributed by atoms with Gasteiger partial charge in [0.2, 0.25) is 0 Å². The minimum Gasteiger partial charge on any atom is -0.493 e. The molecule has 3 rings (SSSR count). The van der Waals surface area contributed by atoms with Crippen molar-refractivity contribution in [2.45, 2.75) is 29.6 Å². The molecular formula is C21H25F3N2O6S. The summed E-state index contributed by atoms with van der Waals surface area (Å²) in [4.78, 5) is 1.63. The predicted molar refractivity (Wildman–Crippen MR) is 114 cm³/mol. The summed E-state index contributed by atoms with van der Waals surface area (Å²) in [7, 11) is 0.329. The van der Waals surface area contributed by atoms with Crippen LogP contribution in [-0.2, 0) is 16.2 Å². The van der Waals surface area contributed by atoms with Gasteiger partial charge in [-0.1, -0.05) is 0 Å². The van der Waals surface area contributed by atoms with Crippen molar-refractivity contribution in [3.05, 3.63) is 42.0 Å². The molecule has 1 aliphatic rings. The molecule has 2 aromatic rings. The highest BCUT2D eigenvalue weighted by atomic mass is 32.2. The fourth-order valence-electron chi connectivity index (χ4n) is 3.65. The van der Waals surface area contributed by atoms with E-state index in [1.807, 2.05) is 0 Å². The Morgan fingerprint density at radius 3 is 2.39 bits per heavy atom. The summed E-state index contributed by atoms with van der Waals surface area (Å²) in [5, 5.41) is 9.57. The van der Waals surface area contributed by atoms with Crippen LogP contribution in [0.5, 0.6) is 17.2 Å². The smallest absolute Gasteiger partial charge is 0.419 e. The van der Waals surface area contributed by atoms with Gasteiger partial charge in [-0.2, -0.15) is 13.2 Å². The third kappa shape index (κ3) is 5.45. The third-order valence-electron chi connectivity index (χ3n) is 5.43. The second kappa shape index (κ2) is 9.65. The summed E-state index contributed by atoms with van der Waals surface area (Å²) in [5.41, 5.74) is -1.15. The molecule has 182 valence electrons. The monoisotopic (exact) mass is 490 g/mol. The van der Waals surface area contributed by atoms with E-state index in [1.165, 1.54) is 32.4 Å². The number of aliphatic hydroxyl groups is 1. The van der Waals surface area contributed by atoms with Crippen molar-refractivity contribution in [3.63, 3.8) is 0 Å². The van der Waals surface area contributed by atoms with Crippen molar-refractivity contribution < 1.29 is 40.9 Å². The van der Waals surface area contributed by atoms with E-state index in [-0.39, 0.29) is 22.9 Å². The van der Waals surface area contributed by atoms with Gasteiger partial charge in [0.05, 0.1) is 43.0 Å². The number of sulfonamides is 1. The zero-order valence-electron chi connectivity index (χ0n) is 18.2. The van der Waals surface area contributed by atoms with Crippen LogP contribution in [0.4, 0.5) is 18.9 Å². The van der Waals surface area contributed by atoms with Crippen LogP contribution in [0.15, 0.2) is 41.3 Å². The Labute approximate surface area is 189 Å². The molecule has 12 heteroatoms. The lowest BCUT2D eigenvalue weighted by Gasteiger charge is -2.25. The summed E-state index contributed by atoms with van der Waals surface area (Å²) < 4.78 is 84.5. The van der Waals surface area contributed by atoms with E-state index in [0.29, 0.717) is 18.7 Å². The number of nitrogens with zero attached hydrogens (tertiary/aromatic N) is 1. The number of anilines is 1. The number of ether oxygens (including phenoxy) is 3. The number of benzene rings is 2. The molecule has 1 aliphatic heterocycles. The molecule has 0 spiro atoms. The largest absolute Gasteiger partial charge is 0.493 e. The van der Waals surface area contributed by atoms with Crippen LogP contribution in [0.25, 0.3) is 0 Å². The first kappa shape index (κ1) is 24.9. The number of likely N-dealkylation sites (N-methyl/N-ethyl adjacent to an activating group) is 1. The molecule has 1 fully saturated rings. The van der Waals surface area contributed by atoms with Crippen LogP contribution in [-0.4, -0.2) is 65.0 Å². The van der Waals surface area contributed by atoms with E-state index >= 15 is 0 Å².